The maximum absolute atomic E-state index is 12.4. The number of hydrogen-bond acceptors (Lipinski definition) is 3. The van der Waals surface area contributed by atoms with E-state index in [0.29, 0.717) is 13.0 Å². The van der Waals surface area contributed by atoms with Crippen molar-refractivity contribution in [1.82, 2.24) is 10.2 Å². The zero-order valence-corrected chi connectivity index (χ0v) is 10.5. The molecule has 1 rings (SSSR count). The fraction of sp³-hybridized carbons (Fsp3) is 0.909. The topological polar surface area (TPSA) is 58.4 Å². The van der Waals surface area contributed by atoms with Gasteiger partial charge in [-0.25, -0.2) is 0 Å². The van der Waals surface area contributed by atoms with Crippen molar-refractivity contribution in [3.8, 4) is 0 Å². The second-order valence-corrected chi connectivity index (χ2v) is 4.62. The first-order chi connectivity index (χ1) is 8.33. The number of nitrogens with two attached hydrogens (primary N) is 1. The molecule has 0 aliphatic heterocycles. The Labute approximate surface area is 105 Å². The molecule has 1 atom stereocenters. The third kappa shape index (κ3) is 5.68. The number of primary amides is 1. The SMILES string of the molecule is CCNC(CCN(CC(F)(F)F)C1CC1)C(N)=O. The van der Waals surface area contributed by atoms with Crippen molar-refractivity contribution in [1.29, 1.82) is 0 Å². The van der Waals surface area contributed by atoms with E-state index in [2.05, 4.69) is 5.32 Å². The van der Waals surface area contributed by atoms with Crippen LogP contribution in [0.4, 0.5) is 13.2 Å². The Hall–Kier alpha value is -0.820. The molecule has 0 aromatic heterocycles. The minimum absolute atomic E-state index is 0.0155. The van der Waals surface area contributed by atoms with Gasteiger partial charge in [-0.1, -0.05) is 6.92 Å². The van der Waals surface area contributed by atoms with Gasteiger partial charge in [-0.2, -0.15) is 13.2 Å². The largest absolute Gasteiger partial charge is 0.401 e. The number of hydrogen-bond donors (Lipinski definition) is 2. The summed E-state index contributed by atoms with van der Waals surface area (Å²) in [5.41, 5.74) is 5.19. The molecule has 0 saturated heterocycles. The molecule has 18 heavy (non-hydrogen) atoms. The molecule has 0 spiro atoms. The highest BCUT2D eigenvalue weighted by Gasteiger charge is 2.38. The third-order valence-corrected chi connectivity index (χ3v) is 2.94. The standard InChI is InChI=1S/C11H20F3N3O/c1-2-16-9(10(15)18)5-6-17(8-3-4-8)7-11(12,13)14/h8-9,16H,2-7H2,1H3,(H2,15,18). The normalized spacial score (nSPS) is 18.1. The summed E-state index contributed by atoms with van der Waals surface area (Å²) in [7, 11) is 0. The van der Waals surface area contributed by atoms with Gasteiger partial charge in [0.15, 0.2) is 0 Å². The third-order valence-electron chi connectivity index (χ3n) is 2.94. The van der Waals surface area contributed by atoms with E-state index in [1.165, 1.54) is 4.90 Å². The number of amides is 1. The highest BCUT2D eigenvalue weighted by molar-refractivity contribution is 5.79. The van der Waals surface area contributed by atoms with Crippen LogP contribution in [0, 0.1) is 0 Å². The first-order valence-corrected chi connectivity index (χ1v) is 6.17. The predicted molar refractivity (Wildman–Crippen MR) is 61.9 cm³/mol. The molecule has 0 radical (unpaired) electrons. The van der Waals surface area contributed by atoms with Crippen LogP contribution >= 0.6 is 0 Å². The number of carbonyl (C=O) groups excluding carboxylic acids is 1. The van der Waals surface area contributed by atoms with Crippen LogP contribution in [-0.4, -0.2) is 48.7 Å². The van der Waals surface area contributed by atoms with E-state index in [1.54, 1.807) is 0 Å². The highest BCUT2D eigenvalue weighted by Crippen LogP contribution is 2.30. The van der Waals surface area contributed by atoms with Crippen LogP contribution < -0.4 is 11.1 Å². The van der Waals surface area contributed by atoms with Crippen molar-refractivity contribution in [2.45, 2.75) is 44.4 Å². The van der Waals surface area contributed by atoms with Crippen molar-refractivity contribution in [2.75, 3.05) is 19.6 Å². The van der Waals surface area contributed by atoms with Crippen molar-refractivity contribution in [2.24, 2.45) is 5.73 Å². The van der Waals surface area contributed by atoms with Gasteiger partial charge >= 0.3 is 6.18 Å². The molecular weight excluding hydrogens is 247 g/mol. The Morgan fingerprint density at radius 2 is 2.11 bits per heavy atom. The summed E-state index contributed by atoms with van der Waals surface area (Å²) in [4.78, 5) is 12.5. The van der Waals surface area contributed by atoms with E-state index in [9.17, 15) is 18.0 Å². The van der Waals surface area contributed by atoms with E-state index in [0.717, 1.165) is 12.8 Å². The second-order valence-electron chi connectivity index (χ2n) is 4.62. The van der Waals surface area contributed by atoms with Gasteiger partial charge in [0.2, 0.25) is 5.91 Å². The first-order valence-electron chi connectivity index (χ1n) is 6.17. The van der Waals surface area contributed by atoms with Crippen LogP contribution in [0.5, 0.6) is 0 Å². The number of carbonyl (C=O) groups is 1. The second kappa shape index (κ2) is 6.38. The lowest BCUT2D eigenvalue weighted by molar-refractivity contribution is -0.147. The predicted octanol–water partition coefficient (Wildman–Crippen LogP) is 0.867. The molecule has 4 nitrogen and oxygen atoms in total. The molecule has 0 heterocycles. The van der Waals surface area contributed by atoms with Crippen molar-refractivity contribution in [3.05, 3.63) is 0 Å². The Kier molecular flexibility index (Phi) is 5.40. The molecule has 1 saturated carbocycles. The summed E-state index contributed by atoms with van der Waals surface area (Å²) in [6.45, 7) is 1.72. The van der Waals surface area contributed by atoms with Crippen LogP contribution in [0.15, 0.2) is 0 Å². The Balaban J connectivity index is 2.43. The molecule has 1 aliphatic carbocycles. The minimum atomic E-state index is -4.19. The van der Waals surface area contributed by atoms with Gasteiger partial charge in [0.1, 0.15) is 0 Å². The van der Waals surface area contributed by atoms with E-state index < -0.39 is 24.7 Å². The van der Waals surface area contributed by atoms with Crippen LogP contribution in [0.3, 0.4) is 0 Å². The zero-order chi connectivity index (χ0) is 13.8. The number of rotatable bonds is 8. The van der Waals surface area contributed by atoms with Crippen LogP contribution in [-0.2, 0) is 4.79 Å². The van der Waals surface area contributed by atoms with E-state index in [-0.39, 0.29) is 12.6 Å². The average molecular weight is 267 g/mol. The minimum Gasteiger partial charge on any atom is -0.368 e. The van der Waals surface area contributed by atoms with Crippen molar-refractivity contribution >= 4 is 5.91 Å². The number of alkyl halides is 3. The number of nitrogens with zero attached hydrogens (tertiary/aromatic N) is 1. The molecule has 1 aliphatic rings. The van der Waals surface area contributed by atoms with E-state index >= 15 is 0 Å². The molecule has 1 amide bonds. The molecule has 0 bridgehead atoms. The zero-order valence-electron chi connectivity index (χ0n) is 10.5. The summed E-state index contributed by atoms with van der Waals surface area (Å²) in [6.07, 6.45) is -2.27. The van der Waals surface area contributed by atoms with Gasteiger partial charge in [0, 0.05) is 12.6 Å². The van der Waals surface area contributed by atoms with E-state index in [4.69, 9.17) is 5.73 Å². The molecule has 1 unspecified atom stereocenters. The monoisotopic (exact) mass is 267 g/mol. The summed E-state index contributed by atoms with van der Waals surface area (Å²) < 4.78 is 37.1. The van der Waals surface area contributed by atoms with Crippen molar-refractivity contribution in [3.63, 3.8) is 0 Å². The molecule has 3 N–H and O–H groups in total. The summed E-state index contributed by atoms with van der Waals surface area (Å²) in [5, 5.41) is 2.88. The van der Waals surface area contributed by atoms with Gasteiger partial charge in [-0.05, 0) is 25.8 Å². The Bertz CT molecular complexity index is 279. The Morgan fingerprint density at radius 1 is 1.50 bits per heavy atom. The van der Waals surface area contributed by atoms with Crippen LogP contribution in [0.1, 0.15) is 26.2 Å². The number of likely N-dealkylation sites (N-methyl/N-ethyl adjacent to an activating group) is 1. The maximum atomic E-state index is 12.4. The lowest BCUT2D eigenvalue weighted by Crippen LogP contribution is -2.45. The quantitative estimate of drug-likeness (QED) is 0.686. The molecule has 0 aromatic rings. The van der Waals surface area contributed by atoms with Gasteiger partial charge in [-0.3, -0.25) is 9.69 Å². The van der Waals surface area contributed by atoms with Gasteiger partial charge in [0.25, 0.3) is 0 Å². The molecule has 106 valence electrons. The molecular formula is C11H20F3N3O. The summed E-state index contributed by atoms with van der Waals surface area (Å²) in [5.74, 6) is -0.514. The average Bonchev–Trinajstić information content (AvgIpc) is 3.03. The summed E-state index contributed by atoms with van der Waals surface area (Å²) in [6, 6.07) is -0.536. The fourth-order valence-corrected chi connectivity index (χ4v) is 1.95. The lowest BCUT2D eigenvalue weighted by Gasteiger charge is -2.25. The first kappa shape index (κ1) is 15.2. The number of nitrogens with one attached hydrogen (secondary N) is 1. The smallest absolute Gasteiger partial charge is 0.368 e. The van der Waals surface area contributed by atoms with Gasteiger partial charge in [-0.15, -0.1) is 0 Å². The highest BCUT2D eigenvalue weighted by atomic mass is 19.4. The van der Waals surface area contributed by atoms with E-state index in [1.807, 2.05) is 6.92 Å². The maximum Gasteiger partial charge on any atom is 0.401 e. The molecule has 1 fully saturated rings. The van der Waals surface area contributed by atoms with Gasteiger partial charge in [0.05, 0.1) is 12.6 Å². The van der Waals surface area contributed by atoms with Crippen LogP contribution in [0.25, 0.3) is 0 Å². The van der Waals surface area contributed by atoms with Crippen LogP contribution in [0.2, 0.25) is 0 Å². The van der Waals surface area contributed by atoms with Crippen molar-refractivity contribution < 1.29 is 18.0 Å². The number of halogens is 3. The lowest BCUT2D eigenvalue weighted by atomic mass is 10.2. The summed E-state index contributed by atoms with van der Waals surface area (Å²) >= 11 is 0. The fourth-order valence-electron chi connectivity index (χ4n) is 1.95. The molecule has 7 heteroatoms. The van der Waals surface area contributed by atoms with Gasteiger partial charge < -0.3 is 11.1 Å². The Morgan fingerprint density at radius 3 is 2.50 bits per heavy atom. The molecule has 0 aromatic carbocycles.